The monoisotopic (exact) mass is 294 g/mol. The first kappa shape index (κ1) is 15.5. The fraction of sp³-hybridized carbons (Fsp3) is 0.111. The van der Waals surface area contributed by atoms with E-state index in [9.17, 15) is 9.59 Å². The highest BCUT2D eigenvalue weighted by atomic mass is 16.2. The molecule has 0 aliphatic heterocycles. The van der Waals surface area contributed by atoms with E-state index in [1.807, 2.05) is 30.3 Å². The lowest BCUT2D eigenvalue weighted by molar-refractivity contribution is -0.116. The van der Waals surface area contributed by atoms with Crippen LogP contribution in [0.5, 0.6) is 0 Å². The number of anilines is 2. The molecule has 0 aromatic heterocycles. The molecule has 22 heavy (non-hydrogen) atoms. The van der Waals surface area contributed by atoms with Gasteiger partial charge in [0.2, 0.25) is 11.8 Å². The van der Waals surface area contributed by atoms with Crippen LogP contribution in [0.25, 0.3) is 6.08 Å². The minimum absolute atomic E-state index is 0.0393. The van der Waals surface area contributed by atoms with E-state index in [2.05, 4.69) is 5.32 Å². The first-order valence-electron chi connectivity index (χ1n) is 6.95. The highest BCUT2D eigenvalue weighted by Gasteiger charge is 2.05. The smallest absolute Gasteiger partial charge is 0.248 e. The fourth-order valence-corrected chi connectivity index (χ4v) is 1.87. The Labute approximate surface area is 130 Å². The van der Waals surface area contributed by atoms with Crippen molar-refractivity contribution in [1.82, 2.24) is 0 Å². The Bertz CT molecular complexity index is 676. The first-order valence-corrected chi connectivity index (χ1v) is 6.95. The summed E-state index contributed by atoms with van der Waals surface area (Å²) in [5, 5.41) is 2.78. The number of amides is 2. The molecule has 0 radical (unpaired) electrons. The molecule has 0 unspecified atom stereocenters. The lowest BCUT2D eigenvalue weighted by Gasteiger charge is -2.15. The Morgan fingerprint density at radius 3 is 2.23 bits per heavy atom. The van der Waals surface area contributed by atoms with Gasteiger partial charge in [0.15, 0.2) is 0 Å². The molecule has 0 heterocycles. The molecule has 0 bridgehead atoms. The average Bonchev–Trinajstić information content (AvgIpc) is 2.54. The molecule has 0 fully saturated rings. The van der Waals surface area contributed by atoms with Crippen molar-refractivity contribution in [1.29, 1.82) is 0 Å². The molecule has 2 amide bonds. The summed E-state index contributed by atoms with van der Waals surface area (Å²) in [5.74, 6) is -0.237. The zero-order valence-electron chi connectivity index (χ0n) is 12.6. The van der Waals surface area contributed by atoms with Crippen LogP contribution in [0.1, 0.15) is 12.5 Å². The van der Waals surface area contributed by atoms with Gasteiger partial charge in [0.1, 0.15) is 0 Å². The highest BCUT2D eigenvalue weighted by Crippen LogP contribution is 2.17. The second kappa shape index (κ2) is 7.22. The molecule has 0 aliphatic rings. The summed E-state index contributed by atoms with van der Waals surface area (Å²) in [5.41, 5.74) is 2.44. The van der Waals surface area contributed by atoms with Crippen LogP contribution >= 0.6 is 0 Å². The summed E-state index contributed by atoms with van der Waals surface area (Å²) in [6, 6.07) is 16.7. The fourth-order valence-electron chi connectivity index (χ4n) is 1.87. The van der Waals surface area contributed by atoms with Gasteiger partial charge in [-0.05, 0) is 35.9 Å². The third-order valence-electron chi connectivity index (χ3n) is 3.22. The third-order valence-corrected chi connectivity index (χ3v) is 3.22. The van der Waals surface area contributed by atoms with E-state index in [0.717, 1.165) is 11.3 Å². The Balaban J connectivity index is 1.97. The molecule has 0 atom stereocenters. The first-order chi connectivity index (χ1) is 10.6. The number of rotatable bonds is 4. The van der Waals surface area contributed by atoms with E-state index in [1.165, 1.54) is 13.0 Å². The van der Waals surface area contributed by atoms with Gasteiger partial charge in [-0.15, -0.1) is 0 Å². The minimum Gasteiger partial charge on any atom is -0.323 e. The van der Waals surface area contributed by atoms with E-state index in [-0.39, 0.29) is 11.8 Å². The summed E-state index contributed by atoms with van der Waals surface area (Å²) in [7, 11) is 1.71. The van der Waals surface area contributed by atoms with Gasteiger partial charge in [0.25, 0.3) is 0 Å². The molecule has 4 nitrogen and oxygen atoms in total. The van der Waals surface area contributed by atoms with Crippen LogP contribution in [-0.4, -0.2) is 18.9 Å². The predicted molar refractivity (Wildman–Crippen MR) is 89.6 cm³/mol. The Morgan fingerprint density at radius 2 is 1.64 bits per heavy atom. The molecular formula is C18H18N2O2. The number of hydrogen-bond acceptors (Lipinski definition) is 2. The zero-order chi connectivity index (χ0) is 15.9. The van der Waals surface area contributed by atoms with Gasteiger partial charge >= 0.3 is 0 Å². The second-order valence-corrected chi connectivity index (χ2v) is 4.86. The number of hydrogen-bond donors (Lipinski definition) is 1. The van der Waals surface area contributed by atoms with Crippen LogP contribution < -0.4 is 10.2 Å². The van der Waals surface area contributed by atoms with Crippen LogP contribution in [0.15, 0.2) is 60.7 Å². The van der Waals surface area contributed by atoms with Crippen LogP contribution in [0.2, 0.25) is 0 Å². The summed E-state index contributed by atoms with van der Waals surface area (Å²) in [4.78, 5) is 24.7. The van der Waals surface area contributed by atoms with E-state index >= 15 is 0 Å². The summed E-state index contributed by atoms with van der Waals surface area (Å²) in [6.07, 6.45) is 3.25. The van der Waals surface area contributed by atoms with E-state index in [1.54, 1.807) is 42.3 Å². The Hall–Kier alpha value is -2.88. The quantitative estimate of drug-likeness (QED) is 0.879. The van der Waals surface area contributed by atoms with Crippen LogP contribution in [0.3, 0.4) is 0 Å². The van der Waals surface area contributed by atoms with Gasteiger partial charge in [0, 0.05) is 31.4 Å². The Kier molecular flexibility index (Phi) is 5.09. The molecular weight excluding hydrogens is 276 g/mol. The van der Waals surface area contributed by atoms with Gasteiger partial charge in [-0.25, -0.2) is 0 Å². The summed E-state index contributed by atoms with van der Waals surface area (Å²) in [6.45, 7) is 1.50. The topological polar surface area (TPSA) is 49.4 Å². The van der Waals surface area contributed by atoms with Gasteiger partial charge < -0.3 is 10.2 Å². The lowest BCUT2D eigenvalue weighted by Crippen LogP contribution is -2.22. The molecule has 0 spiro atoms. The van der Waals surface area contributed by atoms with Crippen molar-refractivity contribution in [2.45, 2.75) is 6.92 Å². The van der Waals surface area contributed by atoms with Crippen LogP contribution in [0.4, 0.5) is 11.4 Å². The van der Waals surface area contributed by atoms with Gasteiger partial charge in [-0.3, -0.25) is 9.59 Å². The van der Waals surface area contributed by atoms with Crippen molar-refractivity contribution in [2.24, 2.45) is 0 Å². The molecule has 0 saturated heterocycles. The molecule has 4 heteroatoms. The largest absolute Gasteiger partial charge is 0.323 e. The van der Waals surface area contributed by atoms with Crippen molar-refractivity contribution in [3.63, 3.8) is 0 Å². The summed E-state index contributed by atoms with van der Waals surface area (Å²) >= 11 is 0. The maximum atomic E-state index is 11.9. The molecule has 0 saturated carbocycles. The number of nitrogens with one attached hydrogen (secondary N) is 1. The van der Waals surface area contributed by atoms with Crippen molar-refractivity contribution in [3.05, 3.63) is 66.2 Å². The van der Waals surface area contributed by atoms with Gasteiger partial charge in [-0.1, -0.05) is 30.3 Å². The SMILES string of the molecule is CC(=O)N(C)c1ccc(NC(=O)/C=C/c2ccccc2)cc1. The van der Waals surface area contributed by atoms with Gasteiger partial charge in [0.05, 0.1) is 0 Å². The number of nitrogens with zero attached hydrogens (tertiary/aromatic N) is 1. The average molecular weight is 294 g/mol. The number of carbonyl (C=O) groups excluding carboxylic acids is 2. The van der Waals surface area contributed by atoms with Crippen molar-refractivity contribution in [2.75, 3.05) is 17.3 Å². The lowest BCUT2D eigenvalue weighted by atomic mass is 10.2. The van der Waals surface area contributed by atoms with Crippen LogP contribution in [-0.2, 0) is 9.59 Å². The normalized spacial score (nSPS) is 10.5. The summed E-state index contributed by atoms with van der Waals surface area (Å²) < 4.78 is 0. The van der Waals surface area contributed by atoms with E-state index in [4.69, 9.17) is 0 Å². The van der Waals surface area contributed by atoms with Crippen molar-refractivity contribution in [3.8, 4) is 0 Å². The van der Waals surface area contributed by atoms with Crippen molar-refractivity contribution >= 4 is 29.3 Å². The maximum absolute atomic E-state index is 11.9. The number of benzene rings is 2. The molecule has 0 aliphatic carbocycles. The minimum atomic E-state index is -0.198. The zero-order valence-corrected chi connectivity index (χ0v) is 12.6. The Morgan fingerprint density at radius 1 is 1.00 bits per heavy atom. The van der Waals surface area contributed by atoms with Crippen molar-refractivity contribution < 1.29 is 9.59 Å². The van der Waals surface area contributed by atoms with E-state index in [0.29, 0.717) is 5.69 Å². The molecule has 112 valence electrons. The number of carbonyl (C=O) groups is 2. The molecule has 1 N–H and O–H groups in total. The molecule has 2 aromatic carbocycles. The van der Waals surface area contributed by atoms with Crippen LogP contribution in [0, 0.1) is 0 Å². The van der Waals surface area contributed by atoms with E-state index < -0.39 is 0 Å². The standard InChI is InChI=1S/C18H18N2O2/c1-14(21)20(2)17-11-9-16(10-12-17)19-18(22)13-8-15-6-4-3-5-7-15/h3-13H,1-2H3,(H,19,22)/b13-8+. The highest BCUT2D eigenvalue weighted by molar-refractivity contribution is 6.02. The maximum Gasteiger partial charge on any atom is 0.248 e. The molecule has 2 rings (SSSR count). The predicted octanol–water partition coefficient (Wildman–Crippen LogP) is 3.32. The third kappa shape index (κ3) is 4.31. The van der Waals surface area contributed by atoms with Gasteiger partial charge in [-0.2, -0.15) is 0 Å². The molecule has 2 aromatic rings. The second-order valence-electron chi connectivity index (χ2n) is 4.86.